The summed E-state index contributed by atoms with van der Waals surface area (Å²) in [5.41, 5.74) is 6.89. The zero-order chi connectivity index (χ0) is 14.6. The number of aliphatic imine (C=N–C) groups is 1. The molecule has 0 spiro atoms. The molecule has 1 aromatic rings. The van der Waals surface area contributed by atoms with E-state index in [-0.39, 0.29) is 24.0 Å². The number of hydrogen-bond acceptors (Lipinski definition) is 3. The number of guanidine groups is 1. The third kappa shape index (κ3) is 9.62. The smallest absolute Gasteiger partial charge is 0.188 e. The number of nitrogens with two attached hydrogens (primary N) is 1. The van der Waals surface area contributed by atoms with E-state index in [9.17, 15) is 0 Å². The van der Waals surface area contributed by atoms with Crippen LogP contribution in [0.4, 0.5) is 0 Å². The Bertz CT molecular complexity index is 379. The second-order valence-electron chi connectivity index (χ2n) is 4.65. The molecule has 120 valence electrons. The monoisotopic (exact) mass is 405 g/mol. The topological polar surface area (TPSA) is 66.5 Å². The molecule has 0 aliphatic rings. The first-order valence-electron chi connectivity index (χ1n) is 7.42. The summed E-state index contributed by atoms with van der Waals surface area (Å²) in [5, 5.41) is 3.12. The van der Waals surface area contributed by atoms with Crippen LogP contribution in [0.3, 0.4) is 0 Å². The van der Waals surface area contributed by atoms with Gasteiger partial charge in [0.05, 0.1) is 0 Å². The van der Waals surface area contributed by atoms with Crippen molar-refractivity contribution in [3.63, 3.8) is 0 Å². The Morgan fingerprint density at radius 1 is 1.33 bits per heavy atom. The summed E-state index contributed by atoms with van der Waals surface area (Å²) in [6, 6.07) is 5.93. The summed E-state index contributed by atoms with van der Waals surface area (Å²) in [7, 11) is 0. The van der Waals surface area contributed by atoms with Gasteiger partial charge in [-0.2, -0.15) is 0 Å². The highest BCUT2D eigenvalue weighted by molar-refractivity contribution is 14.0. The number of nitrogens with one attached hydrogen (secondary N) is 1. The molecule has 0 unspecified atom stereocenters. The number of rotatable bonds is 9. The van der Waals surface area contributed by atoms with Crippen LogP contribution in [0.5, 0.6) is 0 Å². The molecule has 0 aliphatic heterocycles. The first-order chi connectivity index (χ1) is 9.76. The van der Waals surface area contributed by atoms with Crippen LogP contribution in [0.1, 0.15) is 26.0 Å². The van der Waals surface area contributed by atoms with E-state index in [1.165, 1.54) is 0 Å². The van der Waals surface area contributed by atoms with Gasteiger partial charge in [-0.15, -0.1) is 24.0 Å². The number of halogens is 1. The van der Waals surface area contributed by atoms with Crippen LogP contribution in [0.25, 0.3) is 0 Å². The van der Waals surface area contributed by atoms with Crippen molar-refractivity contribution in [3.8, 4) is 0 Å². The van der Waals surface area contributed by atoms with Gasteiger partial charge < -0.3 is 16.0 Å². The third-order valence-electron chi connectivity index (χ3n) is 3.22. The van der Waals surface area contributed by atoms with Crippen molar-refractivity contribution < 1.29 is 0 Å². The lowest BCUT2D eigenvalue weighted by Crippen LogP contribution is -2.33. The fourth-order valence-corrected chi connectivity index (χ4v) is 1.95. The van der Waals surface area contributed by atoms with Crippen molar-refractivity contribution in [3.05, 3.63) is 30.1 Å². The minimum Gasteiger partial charge on any atom is -0.370 e. The van der Waals surface area contributed by atoms with Gasteiger partial charge >= 0.3 is 0 Å². The van der Waals surface area contributed by atoms with Gasteiger partial charge in [-0.25, -0.2) is 0 Å². The van der Waals surface area contributed by atoms with E-state index in [0.717, 1.165) is 51.3 Å². The summed E-state index contributed by atoms with van der Waals surface area (Å²) in [5.74, 6) is 0.528. The van der Waals surface area contributed by atoms with E-state index in [1.54, 1.807) is 6.20 Å². The highest BCUT2D eigenvalue weighted by atomic mass is 127. The molecule has 0 fully saturated rings. The van der Waals surface area contributed by atoms with Gasteiger partial charge in [0.1, 0.15) is 0 Å². The van der Waals surface area contributed by atoms with E-state index in [2.05, 4.69) is 34.0 Å². The van der Waals surface area contributed by atoms with Crippen molar-refractivity contribution in [2.75, 3.05) is 32.7 Å². The van der Waals surface area contributed by atoms with Crippen LogP contribution in [0.15, 0.2) is 29.4 Å². The molecular formula is C15H28IN5. The number of hydrogen-bond donors (Lipinski definition) is 2. The van der Waals surface area contributed by atoms with Crippen molar-refractivity contribution >= 4 is 29.9 Å². The zero-order valence-corrected chi connectivity index (χ0v) is 15.4. The van der Waals surface area contributed by atoms with E-state index < -0.39 is 0 Å². The van der Waals surface area contributed by atoms with E-state index >= 15 is 0 Å². The lowest BCUT2D eigenvalue weighted by molar-refractivity contribution is 0.302. The molecule has 6 heteroatoms. The van der Waals surface area contributed by atoms with Gasteiger partial charge in [-0.1, -0.05) is 19.9 Å². The maximum Gasteiger partial charge on any atom is 0.188 e. The average Bonchev–Trinajstić information content (AvgIpc) is 2.48. The summed E-state index contributed by atoms with van der Waals surface area (Å²) >= 11 is 0. The quantitative estimate of drug-likeness (QED) is 0.285. The van der Waals surface area contributed by atoms with Crippen LogP contribution in [0, 0.1) is 0 Å². The fourth-order valence-electron chi connectivity index (χ4n) is 1.95. The molecule has 0 amide bonds. The molecule has 0 aliphatic carbocycles. The molecule has 3 N–H and O–H groups in total. The van der Waals surface area contributed by atoms with E-state index in [0.29, 0.717) is 5.96 Å². The Labute approximate surface area is 145 Å². The Morgan fingerprint density at radius 2 is 2.10 bits per heavy atom. The van der Waals surface area contributed by atoms with Crippen molar-refractivity contribution in [2.45, 2.75) is 26.7 Å². The van der Waals surface area contributed by atoms with Crippen LogP contribution in [-0.4, -0.2) is 48.6 Å². The average molecular weight is 405 g/mol. The first kappa shape index (κ1) is 20.1. The van der Waals surface area contributed by atoms with Gasteiger partial charge in [-0.05, 0) is 38.2 Å². The Balaban J connectivity index is 0.00000400. The highest BCUT2D eigenvalue weighted by Crippen LogP contribution is 1.93. The molecule has 1 rings (SSSR count). The largest absolute Gasteiger partial charge is 0.370 e. The van der Waals surface area contributed by atoms with Gasteiger partial charge in [-0.3, -0.25) is 9.98 Å². The lowest BCUT2D eigenvalue weighted by Gasteiger charge is -2.16. The van der Waals surface area contributed by atoms with Crippen molar-refractivity contribution in [1.82, 2.24) is 15.2 Å². The van der Waals surface area contributed by atoms with Gasteiger partial charge in [0, 0.05) is 31.4 Å². The second kappa shape index (κ2) is 12.8. The molecule has 0 saturated heterocycles. The van der Waals surface area contributed by atoms with E-state index in [1.807, 2.05) is 18.2 Å². The molecule has 21 heavy (non-hydrogen) atoms. The summed E-state index contributed by atoms with van der Waals surface area (Å²) in [6.07, 6.45) is 3.71. The molecule has 1 heterocycles. The summed E-state index contributed by atoms with van der Waals surface area (Å²) in [6.45, 7) is 9.18. The van der Waals surface area contributed by atoms with E-state index in [4.69, 9.17) is 5.73 Å². The van der Waals surface area contributed by atoms with Crippen LogP contribution >= 0.6 is 24.0 Å². The van der Waals surface area contributed by atoms with Crippen LogP contribution < -0.4 is 11.1 Å². The van der Waals surface area contributed by atoms with Crippen LogP contribution in [-0.2, 0) is 6.42 Å². The van der Waals surface area contributed by atoms with Crippen molar-refractivity contribution in [1.29, 1.82) is 0 Å². The molecular weight excluding hydrogens is 377 g/mol. The molecule has 0 bridgehead atoms. The third-order valence-corrected chi connectivity index (χ3v) is 3.22. The first-order valence-corrected chi connectivity index (χ1v) is 7.42. The Morgan fingerprint density at radius 3 is 2.71 bits per heavy atom. The highest BCUT2D eigenvalue weighted by Gasteiger charge is 1.98. The fraction of sp³-hybridized carbons (Fsp3) is 0.600. The SMILES string of the molecule is CCN(CC)CCCN=C(N)NCCc1ccccn1.I. The number of pyridine rings is 1. The predicted octanol–water partition coefficient (Wildman–Crippen LogP) is 1.88. The Hall–Kier alpha value is -0.890. The van der Waals surface area contributed by atoms with Crippen LogP contribution in [0.2, 0.25) is 0 Å². The maximum atomic E-state index is 5.82. The lowest BCUT2D eigenvalue weighted by atomic mass is 10.3. The summed E-state index contributed by atoms with van der Waals surface area (Å²) < 4.78 is 0. The normalized spacial score (nSPS) is 11.3. The zero-order valence-electron chi connectivity index (χ0n) is 13.1. The van der Waals surface area contributed by atoms with Gasteiger partial charge in [0.15, 0.2) is 5.96 Å². The second-order valence-corrected chi connectivity index (χ2v) is 4.65. The van der Waals surface area contributed by atoms with Gasteiger partial charge in [0.25, 0.3) is 0 Å². The molecule has 0 radical (unpaired) electrons. The molecule has 0 aromatic carbocycles. The van der Waals surface area contributed by atoms with Gasteiger partial charge in [0.2, 0.25) is 0 Å². The summed E-state index contributed by atoms with van der Waals surface area (Å²) in [4.78, 5) is 11.0. The standard InChI is InChI=1S/C15H27N5.HI/c1-3-20(4-2)13-7-11-18-15(16)19-12-9-14-8-5-6-10-17-14;/h5-6,8,10H,3-4,7,9,11-13H2,1-2H3,(H3,16,18,19);1H. The Kier molecular flexibility index (Phi) is 12.3. The minimum absolute atomic E-state index is 0. The minimum atomic E-state index is 0. The molecule has 0 saturated carbocycles. The molecule has 1 aromatic heterocycles. The number of nitrogens with zero attached hydrogens (tertiary/aromatic N) is 3. The maximum absolute atomic E-state index is 5.82. The molecule has 0 atom stereocenters. The molecule has 5 nitrogen and oxygen atoms in total. The number of aromatic nitrogens is 1. The predicted molar refractivity (Wildman–Crippen MR) is 100 cm³/mol. The van der Waals surface area contributed by atoms with Crippen molar-refractivity contribution in [2.24, 2.45) is 10.7 Å².